The van der Waals surface area contributed by atoms with Crippen LogP contribution in [0.1, 0.15) is 11.5 Å². The van der Waals surface area contributed by atoms with Gasteiger partial charge in [-0.15, -0.1) is 0 Å². The van der Waals surface area contributed by atoms with Gasteiger partial charge in [-0.05, 0) is 25.1 Å². The Balaban J connectivity index is 1.77. The molecule has 0 radical (unpaired) electrons. The first-order valence-corrected chi connectivity index (χ1v) is 9.48. The maximum Gasteiger partial charge on any atom is 0.244 e. The zero-order valence-electron chi connectivity index (χ0n) is 14.1. The van der Waals surface area contributed by atoms with Gasteiger partial charge >= 0.3 is 0 Å². The van der Waals surface area contributed by atoms with E-state index in [0.717, 1.165) is 11.1 Å². The monoisotopic (exact) mass is 393 g/mol. The molecular formula is C17H16ClN3O4S. The van der Waals surface area contributed by atoms with Crippen molar-refractivity contribution in [1.29, 1.82) is 0 Å². The molecule has 7 nitrogen and oxygen atoms in total. The van der Waals surface area contributed by atoms with E-state index in [0.29, 0.717) is 5.82 Å². The molecule has 3 aromatic rings. The molecule has 0 spiro atoms. The van der Waals surface area contributed by atoms with Gasteiger partial charge in [-0.3, -0.25) is 0 Å². The first kappa shape index (κ1) is 18.4. The average Bonchev–Trinajstić information content (AvgIpc) is 3.10. The molecule has 1 N–H and O–H groups in total. The van der Waals surface area contributed by atoms with Crippen LogP contribution in [0, 0.1) is 6.92 Å². The summed E-state index contributed by atoms with van der Waals surface area (Å²) < 4.78 is 37.6. The van der Waals surface area contributed by atoms with E-state index in [1.807, 2.05) is 31.2 Å². The second kappa shape index (κ2) is 7.45. The summed E-state index contributed by atoms with van der Waals surface area (Å²) in [5.41, 5.74) is 1.89. The maximum atomic E-state index is 12.5. The van der Waals surface area contributed by atoms with E-state index in [9.17, 15) is 8.42 Å². The molecule has 0 saturated heterocycles. The third-order valence-electron chi connectivity index (χ3n) is 3.61. The molecule has 0 bridgehead atoms. The molecule has 0 aliphatic rings. The molecule has 1 aromatic heterocycles. The highest BCUT2D eigenvalue weighted by Crippen LogP contribution is 2.27. The third kappa shape index (κ3) is 4.04. The molecule has 1 heterocycles. The van der Waals surface area contributed by atoms with Crippen molar-refractivity contribution < 1.29 is 17.7 Å². The number of hydrogen-bond donors (Lipinski definition) is 1. The average molecular weight is 394 g/mol. The van der Waals surface area contributed by atoms with E-state index in [1.54, 1.807) is 6.07 Å². The van der Waals surface area contributed by atoms with Crippen LogP contribution in [-0.4, -0.2) is 25.7 Å². The molecule has 0 fully saturated rings. The smallest absolute Gasteiger partial charge is 0.244 e. The third-order valence-corrected chi connectivity index (χ3v) is 5.26. The van der Waals surface area contributed by atoms with E-state index in [2.05, 4.69) is 14.9 Å². The van der Waals surface area contributed by atoms with Gasteiger partial charge < -0.3 is 9.26 Å². The first-order valence-electron chi connectivity index (χ1n) is 7.62. The number of rotatable bonds is 6. The highest BCUT2D eigenvalue weighted by molar-refractivity contribution is 7.89. The van der Waals surface area contributed by atoms with Crippen LogP contribution in [0.5, 0.6) is 5.75 Å². The molecule has 0 unspecified atom stereocenters. The Kier molecular flexibility index (Phi) is 5.26. The largest absolute Gasteiger partial charge is 0.495 e. The normalized spacial score (nSPS) is 11.5. The summed E-state index contributed by atoms with van der Waals surface area (Å²) >= 11 is 5.89. The summed E-state index contributed by atoms with van der Waals surface area (Å²) in [6.45, 7) is 1.82. The summed E-state index contributed by atoms with van der Waals surface area (Å²) in [5, 5.41) is 4.15. The number of ether oxygens (including phenoxy) is 1. The van der Waals surface area contributed by atoms with E-state index >= 15 is 0 Å². The fourth-order valence-corrected chi connectivity index (χ4v) is 3.65. The van der Waals surface area contributed by atoms with Crippen LogP contribution >= 0.6 is 11.6 Å². The zero-order valence-corrected chi connectivity index (χ0v) is 15.6. The van der Waals surface area contributed by atoms with Crippen molar-refractivity contribution in [3.05, 3.63) is 58.9 Å². The van der Waals surface area contributed by atoms with Gasteiger partial charge in [-0.2, -0.15) is 4.98 Å². The number of sulfonamides is 1. The van der Waals surface area contributed by atoms with Crippen molar-refractivity contribution in [2.75, 3.05) is 7.11 Å². The lowest BCUT2D eigenvalue weighted by Crippen LogP contribution is -2.24. The summed E-state index contributed by atoms with van der Waals surface area (Å²) in [7, 11) is -2.49. The first-order chi connectivity index (χ1) is 12.4. The quantitative estimate of drug-likeness (QED) is 0.691. The second-order valence-corrected chi connectivity index (χ2v) is 7.67. The number of methoxy groups -OCH3 is 1. The maximum absolute atomic E-state index is 12.5. The van der Waals surface area contributed by atoms with Crippen LogP contribution in [0.4, 0.5) is 0 Å². The lowest BCUT2D eigenvalue weighted by Gasteiger charge is -2.09. The Bertz CT molecular complexity index is 1020. The summed E-state index contributed by atoms with van der Waals surface area (Å²) in [4.78, 5) is 4.14. The number of halogens is 1. The van der Waals surface area contributed by atoms with Crippen molar-refractivity contribution in [3.63, 3.8) is 0 Å². The predicted octanol–water partition coefficient (Wildman–Crippen LogP) is 3.19. The van der Waals surface area contributed by atoms with Gasteiger partial charge in [0.15, 0.2) is 0 Å². The van der Waals surface area contributed by atoms with Crippen LogP contribution in [0.2, 0.25) is 5.02 Å². The SMILES string of the molecule is COc1ccc(Cl)cc1S(=O)(=O)NCc1nc(-c2ccc(C)cc2)no1. The van der Waals surface area contributed by atoms with Crippen LogP contribution in [0.25, 0.3) is 11.4 Å². The molecule has 0 saturated carbocycles. The standard InChI is InChI=1S/C17H16ClN3O4S/c1-11-3-5-12(6-4-11)17-20-16(25-21-17)10-19-26(22,23)15-9-13(18)7-8-14(15)24-2/h3-9,19H,10H2,1-2H3. The van der Waals surface area contributed by atoms with Crippen LogP contribution < -0.4 is 9.46 Å². The Morgan fingerprint density at radius 2 is 1.92 bits per heavy atom. The van der Waals surface area contributed by atoms with E-state index < -0.39 is 10.0 Å². The lowest BCUT2D eigenvalue weighted by atomic mass is 10.1. The minimum absolute atomic E-state index is 0.0641. The van der Waals surface area contributed by atoms with Crippen molar-refractivity contribution in [2.24, 2.45) is 0 Å². The summed E-state index contributed by atoms with van der Waals surface area (Å²) in [6.07, 6.45) is 0. The minimum Gasteiger partial charge on any atom is -0.495 e. The molecule has 0 aliphatic heterocycles. The molecule has 3 rings (SSSR count). The number of aryl methyl sites for hydroxylation is 1. The number of aromatic nitrogens is 2. The Morgan fingerprint density at radius 1 is 1.19 bits per heavy atom. The fourth-order valence-electron chi connectivity index (χ4n) is 2.24. The molecule has 9 heteroatoms. The van der Waals surface area contributed by atoms with Crippen molar-refractivity contribution >= 4 is 21.6 Å². The van der Waals surface area contributed by atoms with Crippen molar-refractivity contribution in [1.82, 2.24) is 14.9 Å². The van der Waals surface area contributed by atoms with E-state index in [4.69, 9.17) is 20.9 Å². The number of benzene rings is 2. The molecule has 26 heavy (non-hydrogen) atoms. The lowest BCUT2D eigenvalue weighted by molar-refractivity contribution is 0.375. The van der Waals surface area contributed by atoms with E-state index in [-0.39, 0.29) is 28.1 Å². The molecule has 136 valence electrons. The summed E-state index contributed by atoms with van der Waals surface area (Å²) in [5.74, 6) is 0.720. The highest BCUT2D eigenvalue weighted by Gasteiger charge is 2.21. The molecular weight excluding hydrogens is 378 g/mol. The van der Waals surface area contributed by atoms with Crippen LogP contribution in [0.15, 0.2) is 51.9 Å². The second-order valence-electron chi connectivity index (χ2n) is 5.50. The van der Waals surface area contributed by atoms with Crippen LogP contribution in [-0.2, 0) is 16.6 Å². The van der Waals surface area contributed by atoms with Gasteiger partial charge in [0.1, 0.15) is 10.6 Å². The number of nitrogens with one attached hydrogen (secondary N) is 1. The molecule has 0 amide bonds. The molecule has 2 aromatic carbocycles. The van der Waals surface area contributed by atoms with Gasteiger partial charge in [0.05, 0.1) is 13.7 Å². The zero-order chi connectivity index (χ0) is 18.7. The summed E-state index contributed by atoms with van der Waals surface area (Å²) in [6, 6.07) is 11.9. The number of hydrogen-bond acceptors (Lipinski definition) is 6. The topological polar surface area (TPSA) is 94.3 Å². The van der Waals surface area contributed by atoms with Crippen LogP contribution in [0.3, 0.4) is 0 Å². The van der Waals surface area contributed by atoms with Gasteiger partial charge in [-0.1, -0.05) is 46.6 Å². The van der Waals surface area contributed by atoms with Gasteiger partial charge in [-0.25, -0.2) is 13.1 Å². The Labute approximate surface area is 156 Å². The molecule has 0 aliphatic carbocycles. The van der Waals surface area contributed by atoms with Gasteiger partial charge in [0.2, 0.25) is 21.7 Å². The molecule has 0 atom stereocenters. The van der Waals surface area contributed by atoms with Gasteiger partial charge in [0, 0.05) is 10.6 Å². The Morgan fingerprint density at radius 3 is 2.62 bits per heavy atom. The highest BCUT2D eigenvalue weighted by atomic mass is 35.5. The van der Waals surface area contributed by atoms with Crippen molar-refractivity contribution in [2.45, 2.75) is 18.4 Å². The predicted molar refractivity (Wildman–Crippen MR) is 96.5 cm³/mol. The fraction of sp³-hybridized carbons (Fsp3) is 0.176. The van der Waals surface area contributed by atoms with Gasteiger partial charge in [0.25, 0.3) is 0 Å². The van der Waals surface area contributed by atoms with Crippen molar-refractivity contribution in [3.8, 4) is 17.1 Å². The Hall–Kier alpha value is -2.42. The number of nitrogens with zero attached hydrogens (tertiary/aromatic N) is 2. The minimum atomic E-state index is -3.87. The van der Waals surface area contributed by atoms with E-state index in [1.165, 1.54) is 19.2 Å².